The lowest BCUT2D eigenvalue weighted by molar-refractivity contribution is -0.195. The van der Waals surface area contributed by atoms with Crippen molar-refractivity contribution in [3.8, 4) is 0 Å². The molecule has 0 aliphatic heterocycles. The summed E-state index contributed by atoms with van der Waals surface area (Å²) in [4.78, 5) is 22.5. The molecule has 24 heavy (non-hydrogen) atoms. The van der Waals surface area contributed by atoms with E-state index in [2.05, 4.69) is 0 Å². The zero-order valence-electron chi connectivity index (χ0n) is 14.9. The number of ether oxygens (including phenoxy) is 1. The minimum atomic E-state index is -0.897. The zero-order chi connectivity index (χ0) is 17.6. The monoisotopic (exact) mass is 330 g/mol. The molecule has 0 spiro atoms. The van der Waals surface area contributed by atoms with Crippen molar-refractivity contribution in [3.63, 3.8) is 0 Å². The van der Waals surface area contributed by atoms with Crippen molar-refractivity contribution in [2.75, 3.05) is 13.7 Å². The largest absolute Gasteiger partial charge is 0.464 e. The lowest BCUT2D eigenvalue weighted by Gasteiger charge is -2.38. The Balaban J connectivity index is 2.27. The Bertz CT molecular complexity index is 621. The fourth-order valence-electron chi connectivity index (χ4n) is 2.80. The smallest absolute Gasteiger partial charge is 0.333 e. The summed E-state index contributed by atoms with van der Waals surface area (Å²) in [6.07, 6.45) is 4.73. The molecule has 0 N–H and O–H groups in total. The summed E-state index contributed by atoms with van der Waals surface area (Å²) in [6.45, 7) is 5.76. The Morgan fingerprint density at radius 2 is 1.96 bits per heavy atom. The number of hydrogen-bond donors (Lipinski definition) is 0. The third kappa shape index (κ3) is 4.23. The summed E-state index contributed by atoms with van der Waals surface area (Å²) in [5.74, 6) is -0.306. The van der Waals surface area contributed by atoms with E-state index in [1.54, 1.807) is 32.9 Å². The highest BCUT2D eigenvalue weighted by Crippen LogP contribution is 2.29. The maximum atomic E-state index is 12.3. The van der Waals surface area contributed by atoms with Gasteiger partial charge in [0.15, 0.2) is 5.54 Å². The Kier molecular flexibility index (Phi) is 6.15. The molecule has 0 saturated heterocycles. The van der Waals surface area contributed by atoms with Gasteiger partial charge in [0.1, 0.15) is 0 Å². The van der Waals surface area contributed by atoms with E-state index in [1.165, 1.54) is 0 Å². The number of rotatable bonds is 6. The van der Waals surface area contributed by atoms with E-state index in [0.717, 1.165) is 36.4 Å². The first kappa shape index (κ1) is 18.2. The summed E-state index contributed by atoms with van der Waals surface area (Å²) in [6, 6.07) is 9.87. The molecule has 5 nitrogen and oxygen atoms in total. The molecule has 130 valence electrons. The molecule has 1 aromatic carbocycles. The van der Waals surface area contributed by atoms with Gasteiger partial charge in [0.25, 0.3) is 0 Å². The molecule has 0 unspecified atom stereocenters. The lowest BCUT2D eigenvalue weighted by Crippen LogP contribution is -2.50. The Morgan fingerprint density at radius 1 is 1.25 bits per heavy atom. The average Bonchev–Trinajstić information content (AvgIpc) is 2.57. The number of hydroxylamine groups is 2. The molecule has 0 amide bonds. The first-order valence-corrected chi connectivity index (χ1v) is 8.33. The number of carbonyl (C=O) groups excluding carboxylic acids is 1. The second kappa shape index (κ2) is 8.11. The number of hydrogen-bond acceptors (Lipinski definition) is 5. The van der Waals surface area contributed by atoms with E-state index in [-0.39, 0.29) is 5.97 Å². The molecule has 1 aliphatic carbocycles. The Hall–Kier alpha value is -2.14. The van der Waals surface area contributed by atoms with Crippen molar-refractivity contribution < 1.29 is 14.4 Å². The van der Waals surface area contributed by atoms with Gasteiger partial charge in [-0.25, -0.2) is 9.86 Å². The predicted molar refractivity (Wildman–Crippen MR) is 95.0 cm³/mol. The summed E-state index contributed by atoms with van der Waals surface area (Å²) >= 11 is 0. The summed E-state index contributed by atoms with van der Waals surface area (Å²) < 4.78 is 5.18. The van der Waals surface area contributed by atoms with Crippen LogP contribution in [0.3, 0.4) is 0 Å². The van der Waals surface area contributed by atoms with Gasteiger partial charge in [-0.15, -0.1) is 0 Å². The molecule has 5 heteroatoms. The van der Waals surface area contributed by atoms with Crippen molar-refractivity contribution >= 4 is 17.4 Å². The molecule has 0 fully saturated rings. The maximum Gasteiger partial charge on any atom is 0.333 e. The van der Waals surface area contributed by atoms with Gasteiger partial charge in [0.05, 0.1) is 19.4 Å². The number of nitrogens with zero attached hydrogens (tertiary/aromatic N) is 2. The van der Waals surface area contributed by atoms with E-state index in [1.807, 2.05) is 36.4 Å². The molecule has 1 aromatic rings. The highest BCUT2D eigenvalue weighted by Gasteiger charge is 2.38. The summed E-state index contributed by atoms with van der Waals surface area (Å²) in [5.41, 5.74) is 1.96. The lowest BCUT2D eigenvalue weighted by atomic mass is 9.98. The van der Waals surface area contributed by atoms with Crippen LogP contribution >= 0.6 is 0 Å². The molecular weight excluding hydrogens is 304 g/mol. The number of benzene rings is 1. The highest BCUT2D eigenvalue weighted by molar-refractivity contribution is 5.98. The average molecular weight is 330 g/mol. The van der Waals surface area contributed by atoms with E-state index >= 15 is 0 Å². The molecular formula is C19H26N2O3. The summed E-state index contributed by atoms with van der Waals surface area (Å²) in [7, 11) is 1.57. The molecule has 0 bridgehead atoms. The van der Waals surface area contributed by atoms with Crippen LogP contribution in [0, 0.1) is 0 Å². The highest BCUT2D eigenvalue weighted by atomic mass is 16.7. The second-order valence-corrected chi connectivity index (χ2v) is 6.18. The number of aliphatic imine (C=N–C) groups is 1. The Morgan fingerprint density at radius 3 is 2.58 bits per heavy atom. The number of esters is 1. The van der Waals surface area contributed by atoms with Crippen molar-refractivity contribution in [1.82, 2.24) is 5.06 Å². The SMILES string of the molecule is CCOC(=O)C(C)(C)N(OC)C1=CC(=Nc2ccccc2)CCC1. The van der Waals surface area contributed by atoms with Crippen molar-refractivity contribution in [3.05, 3.63) is 42.1 Å². The van der Waals surface area contributed by atoms with Crippen LogP contribution in [-0.4, -0.2) is 36.0 Å². The normalized spacial score (nSPS) is 16.7. The molecule has 0 saturated carbocycles. The number of allylic oxidation sites excluding steroid dienone is 2. The van der Waals surface area contributed by atoms with Gasteiger partial charge in [-0.2, -0.15) is 0 Å². The van der Waals surface area contributed by atoms with Crippen LogP contribution in [0.5, 0.6) is 0 Å². The molecule has 0 heterocycles. The van der Waals surface area contributed by atoms with E-state index in [0.29, 0.717) is 6.61 Å². The zero-order valence-corrected chi connectivity index (χ0v) is 14.9. The molecule has 2 rings (SSSR count). The topological polar surface area (TPSA) is 51.1 Å². The van der Waals surface area contributed by atoms with Crippen LogP contribution in [0.1, 0.15) is 40.0 Å². The third-order valence-corrected chi connectivity index (χ3v) is 3.95. The fraction of sp³-hybridized carbons (Fsp3) is 0.474. The van der Waals surface area contributed by atoms with Crippen LogP contribution in [0.25, 0.3) is 0 Å². The van der Waals surface area contributed by atoms with E-state index < -0.39 is 5.54 Å². The first-order chi connectivity index (χ1) is 11.5. The van der Waals surface area contributed by atoms with Crippen LogP contribution < -0.4 is 0 Å². The minimum Gasteiger partial charge on any atom is -0.464 e. The maximum absolute atomic E-state index is 12.3. The first-order valence-electron chi connectivity index (χ1n) is 8.33. The standard InChI is InChI=1S/C19H26N2O3/c1-5-24-18(22)19(2,3)21(23-4)17-13-9-12-16(14-17)20-15-10-7-6-8-11-15/h6-8,10-11,14H,5,9,12-13H2,1-4H3. The molecule has 0 radical (unpaired) electrons. The van der Waals surface area contributed by atoms with Gasteiger partial charge in [-0.1, -0.05) is 18.2 Å². The van der Waals surface area contributed by atoms with Crippen LogP contribution in [0.4, 0.5) is 5.69 Å². The van der Waals surface area contributed by atoms with E-state index in [9.17, 15) is 4.79 Å². The number of carbonyl (C=O) groups is 1. The van der Waals surface area contributed by atoms with Gasteiger partial charge in [0, 0.05) is 11.4 Å². The number of para-hydroxylation sites is 1. The van der Waals surface area contributed by atoms with E-state index in [4.69, 9.17) is 14.6 Å². The van der Waals surface area contributed by atoms with Crippen LogP contribution in [0.15, 0.2) is 47.1 Å². The third-order valence-electron chi connectivity index (χ3n) is 3.95. The second-order valence-electron chi connectivity index (χ2n) is 6.18. The van der Waals surface area contributed by atoms with Gasteiger partial charge in [-0.05, 0) is 58.2 Å². The van der Waals surface area contributed by atoms with Gasteiger partial charge < -0.3 is 4.74 Å². The summed E-state index contributed by atoms with van der Waals surface area (Å²) in [5, 5.41) is 1.64. The molecule has 0 aromatic heterocycles. The van der Waals surface area contributed by atoms with Gasteiger partial charge in [-0.3, -0.25) is 9.83 Å². The van der Waals surface area contributed by atoms with Crippen molar-refractivity contribution in [2.24, 2.45) is 4.99 Å². The fourth-order valence-corrected chi connectivity index (χ4v) is 2.80. The van der Waals surface area contributed by atoms with Gasteiger partial charge >= 0.3 is 5.97 Å². The minimum absolute atomic E-state index is 0.306. The van der Waals surface area contributed by atoms with Crippen molar-refractivity contribution in [2.45, 2.75) is 45.6 Å². The van der Waals surface area contributed by atoms with Crippen molar-refractivity contribution in [1.29, 1.82) is 0 Å². The molecule has 1 aliphatic rings. The predicted octanol–water partition coefficient (Wildman–Crippen LogP) is 4.03. The van der Waals surface area contributed by atoms with Gasteiger partial charge in [0.2, 0.25) is 0 Å². The quantitative estimate of drug-likeness (QED) is 0.584. The van der Waals surface area contributed by atoms with Crippen LogP contribution in [0.2, 0.25) is 0 Å². The molecule has 0 atom stereocenters. The van der Waals surface area contributed by atoms with Crippen LogP contribution in [-0.2, 0) is 14.4 Å². The Labute approximate surface area is 143 Å².